The minimum absolute atomic E-state index is 0.0776. The fraction of sp³-hybridized carbons (Fsp3) is 0.667. The van der Waals surface area contributed by atoms with E-state index in [1.807, 2.05) is 0 Å². The number of ether oxygens (including phenoxy) is 2. The summed E-state index contributed by atoms with van der Waals surface area (Å²) in [6.45, 7) is -0.900. The van der Waals surface area contributed by atoms with Crippen molar-refractivity contribution >= 4 is 23.8 Å². The molecule has 0 aromatic carbocycles. The molecule has 1 rings (SSSR count). The van der Waals surface area contributed by atoms with E-state index >= 15 is 0 Å². The molecule has 22 heavy (non-hydrogen) atoms. The summed E-state index contributed by atoms with van der Waals surface area (Å²) in [6.07, 6.45) is -0.798. The fourth-order valence-corrected chi connectivity index (χ4v) is 4.26. The van der Waals surface area contributed by atoms with E-state index < -0.39 is 42.3 Å². The molecule has 16 heteroatoms. The van der Waals surface area contributed by atoms with Crippen LogP contribution in [0.15, 0.2) is 11.5 Å². The highest BCUT2D eigenvalue weighted by atomic mass is 31.3. The molecule has 3 unspecified atom stereocenters. The van der Waals surface area contributed by atoms with Gasteiger partial charge in [0.1, 0.15) is 13.2 Å². The van der Waals surface area contributed by atoms with Crippen LogP contribution in [0.1, 0.15) is 0 Å². The zero-order valence-corrected chi connectivity index (χ0v) is 13.6. The van der Waals surface area contributed by atoms with E-state index in [4.69, 9.17) is 29.0 Å². The first-order chi connectivity index (χ1) is 9.85. The molecular weight excluding hydrogens is 373 g/mol. The molecule has 0 fully saturated rings. The molecule has 0 aromatic rings. The Balaban J connectivity index is 2.63. The first kappa shape index (κ1) is 19.9. The van der Waals surface area contributed by atoms with Crippen LogP contribution in [-0.2, 0) is 31.7 Å². The summed E-state index contributed by atoms with van der Waals surface area (Å²) in [5.41, 5.74) is 0. The summed E-state index contributed by atoms with van der Waals surface area (Å²) in [5, 5.41) is 9.54. The van der Waals surface area contributed by atoms with E-state index in [9.17, 15) is 19.1 Å². The van der Waals surface area contributed by atoms with Gasteiger partial charge in [0.05, 0.1) is 0 Å². The van der Waals surface area contributed by atoms with Crippen molar-refractivity contribution in [2.75, 3.05) is 20.3 Å². The average Bonchev–Trinajstić information content (AvgIpc) is 2.62. The third kappa shape index (κ3) is 6.55. The van der Waals surface area contributed by atoms with Crippen LogP contribution in [-0.4, -0.2) is 56.0 Å². The second kappa shape index (κ2) is 7.18. The van der Waals surface area contributed by atoms with Crippen LogP contribution >= 0.6 is 23.8 Å². The Hall–Kier alpha value is -0.130. The van der Waals surface area contributed by atoms with E-state index in [2.05, 4.69) is 13.1 Å². The van der Waals surface area contributed by atoms with Gasteiger partial charge in [0.25, 0.3) is 0 Å². The SMILES string of the molecule is COC1COC(COP(=O)(O)OP(=O)(O)O[P+](O)(O)O)=C1O. The summed E-state index contributed by atoms with van der Waals surface area (Å²) >= 11 is 0. The summed E-state index contributed by atoms with van der Waals surface area (Å²) in [6, 6.07) is 0. The molecule has 0 aromatic heterocycles. The smallest absolute Gasteiger partial charge is 0.506 e. The van der Waals surface area contributed by atoms with E-state index in [0.717, 1.165) is 0 Å². The molecule has 1 heterocycles. The maximum absolute atomic E-state index is 11.4. The van der Waals surface area contributed by atoms with Gasteiger partial charge in [-0.15, -0.1) is 0 Å². The Labute approximate surface area is 124 Å². The number of hydrogen-bond acceptors (Lipinski definition) is 11. The lowest BCUT2D eigenvalue weighted by molar-refractivity contribution is 0.0661. The van der Waals surface area contributed by atoms with Gasteiger partial charge in [-0.2, -0.15) is 19.0 Å². The third-order valence-corrected chi connectivity index (χ3v) is 5.87. The molecule has 0 amide bonds. The number of phosphoric ester groups is 1. The Bertz CT molecular complexity index is 522. The van der Waals surface area contributed by atoms with Gasteiger partial charge in [-0.3, -0.25) is 9.42 Å². The zero-order valence-electron chi connectivity index (χ0n) is 10.9. The number of hydrogen-bond donors (Lipinski definition) is 6. The van der Waals surface area contributed by atoms with Crippen molar-refractivity contribution in [3.63, 3.8) is 0 Å². The molecule has 13 nitrogen and oxygen atoms in total. The molecule has 0 radical (unpaired) electrons. The van der Waals surface area contributed by atoms with Crippen molar-refractivity contribution in [1.82, 2.24) is 0 Å². The molecule has 1 aliphatic rings. The summed E-state index contributed by atoms with van der Waals surface area (Å²) < 4.78 is 43.6. The molecular formula is C6H14O13P3+. The van der Waals surface area contributed by atoms with Gasteiger partial charge >= 0.3 is 23.8 Å². The van der Waals surface area contributed by atoms with Gasteiger partial charge in [-0.1, -0.05) is 0 Å². The number of aliphatic hydroxyl groups is 1. The summed E-state index contributed by atoms with van der Waals surface area (Å²) in [5.74, 6) is -0.677. The van der Waals surface area contributed by atoms with Gasteiger partial charge in [0.2, 0.25) is 0 Å². The number of aliphatic hydroxyl groups excluding tert-OH is 1. The van der Waals surface area contributed by atoms with Crippen molar-refractivity contribution in [2.45, 2.75) is 6.10 Å². The molecule has 0 aliphatic carbocycles. The van der Waals surface area contributed by atoms with Gasteiger partial charge in [0, 0.05) is 7.11 Å². The van der Waals surface area contributed by atoms with Crippen molar-refractivity contribution in [1.29, 1.82) is 0 Å². The van der Waals surface area contributed by atoms with Crippen molar-refractivity contribution in [2.24, 2.45) is 0 Å². The molecule has 0 saturated heterocycles. The second-order valence-electron chi connectivity index (χ2n) is 3.73. The molecule has 3 atom stereocenters. The Morgan fingerprint density at radius 3 is 2.32 bits per heavy atom. The summed E-state index contributed by atoms with van der Waals surface area (Å²) in [7, 11) is -14.7. The maximum atomic E-state index is 11.4. The molecule has 0 saturated carbocycles. The summed E-state index contributed by atoms with van der Waals surface area (Å²) in [4.78, 5) is 43.5. The van der Waals surface area contributed by atoms with Gasteiger partial charge < -0.3 is 19.5 Å². The molecule has 1 aliphatic heterocycles. The van der Waals surface area contributed by atoms with Crippen LogP contribution in [0.3, 0.4) is 0 Å². The molecule has 130 valence electrons. The monoisotopic (exact) mass is 387 g/mol. The predicted molar refractivity (Wildman–Crippen MR) is 67.8 cm³/mol. The standard InChI is InChI=1S/C6H13O13P3/c1-15-4-2-16-5(6(4)7)3-17-21(11,12)19-22(13,14)18-20(8,9)10/h4,8-10H,2-3H2,1H3,(H2-,7,11,12,13,14)/p+1. The van der Waals surface area contributed by atoms with Crippen LogP contribution in [0.2, 0.25) is 0 Å². The van der Waals surface area contributed by atoms with Crippen LogP contribution < -0.4 is 0 Å². The van der Waals surface area contributed by atoms with Crippen LogP contribution in [0.4, 0.5) is 0 Å². The van der Waals surface area contributed by atoms with Crippen LogP contribution in [0.25, 0.3) is 0 Å². The van der Waals surface area contributed by atoms with Gasteiger partial charge in [-0.25, -0.2) is 9.13 Å². The lowest BCUT2D eigenvalue weighted by Crippen LogP contribution is -2.13. The fourth-order valence-electron chi connectivity index (χ4n) is 1.25. The number of phosphoric acid groups is 2. The van der Waals surface area contributed by atoms with Gasteiger partial charge in [-0.05, 0) is 4.31 Å². The zero-order chi connectivity index (χ0) is 17.2. The third-order valence-electron chi connectivity index (χ3n) is 2.06. The average molecular weight is 387 g/mol. The number of rotatable bonds is 8. The Morgan fingerprint density at radius 1 is 1.27 bits per heavy atom. The molecule has 0 spiro atoms. The minimum Gasteiger partial charge on any atom is -0.506 e. The predicted octanol–water partition coefficient (Wildman–Crippen LogP) is -0.294. The van der Waals surface area contributed by atoms with E-state index in [1.54, 1.807) is 0 Å². The van der Waals surface area contributed by atoms with Crippen LogP contribution in [0.5, 0.6) is 0 Å². The van der Waals surface area contributed by atoms with E-state index in [1.165, 1.54) is 7.11 Å². The molecule has 0 bridgehead atoms. The first-order valence-corrected chi connectivity index (χ1v) is 9.78. The van der Waals surface area contributed by atoms with Gasteiger partial charge in [0.15, 0.2) is 17.6 Å². The second-order valence-corrected chi connectivity index (χ2v) is 8.20. The molecule has 6 N–H and O–H groups in total. The highest BCUT2D eigenvalue weighted by Crippen LogP contribution is 2.68. The topological polar surface area (TPSA) is 202 Å². The Kier molecular flexibility index (Phi) is 6.50. The van der Waals surface area contributed by atoms with E-state index in [0.29, 0.717) is 0 Å². The highest BCUT2D eigenvalue weighted by molar-refractivity contribution is 7.68. The van der Waals surface area contributed by atoms with Crippen molar-refractivity contribution in [3.05, 3.63) is 11.5 Å². The number of methoxy groups -OCH3 is 1. The Morgan fingerprint density at radius 2 is 1.86 bits per heavy atom. The lowest BCUT2D eigenvalue weighted by atomic mass is 10.3. The maximum Gasteiger partial charge on any atom is 0.578 e. The quantitative estimate of drug-likeness (QED) is 0.297. The van der Waals surface area contributed by atoms with Crippen molar-refractivity contribution < 1.29 is 61.3 Å². The van der Waals surface area contributed by atoms with Crippen LogP contribution in [0, 0.1) is 0 Å². The normalized spacial score (nSPS) is 24.7. The van der Waals surface area contributed by atoms with Crippen molar-refractivity contribution in [3.8, 4) is 0 Å². The highest BCUT2D eigenvalue weighted by Gasteiger charge is 2.49. The largest absolute Gasteiger partial charge is 0.578 e. The minimum atomic E-state index is -5.51. The first-order valence-electron chi connectivity index (χ1n) is 5.23. The van der Waals surface area contributed by atoms with E-state index in [-0.39, 0.29) is 12.4 Å². The lowest BCUT2D eigenvalue weighted by Gasteiger charge is -2.14.